The van der Waals surface area contributed by atoms with Crippen LogP contribution in [0.2, 0.25) is 5.02 Å². The Hall–Kier alpha value is -2.35. The highest BCUT2D eigenvalue weighted by molar-refractivity contribution is 6.62. The minimum Gasteiger partial charge on any atom is -0.399 e. The second-order valence-electron chi connectivity index (χ2n) is 8.44. The van der Waals surface area contributed by atoms with Crippen LogP contribution >= 0.6 is 11.6 Å². The minimum atomic E-state index is -0.864. The first kappa shape index (κ1) is 22.3. The highest BCUT2D eigenvalue weighted by Crippen LogP contribution is 2.36. The smallest absolute Gasteiger partial charge is 0.399 e. The van der Waals surface area contributed by atoms with Gasteiger partial charge in [-0.15, -0.1) is 0 Å². The molecule has 3 N–H and O–H groups in total. The van der Waals surface area contributed by atoms with Gasteiger partial charge in [-0.1, -0.05) is 48.0 Å². The maximum atomic E-state index is 12.5. The number of hydrogen-bond donors (Lipinski definition) is 2. The monoisotopic (exact) mass is 428 g/mol. The van der Waals surface area contributed by atoms with Crippen LogP contribution in [0.25, 0.3) is 0 Å². The van der Waals surface area contributed by atoms with E-state index < -0.39 is 36.2 Å². The van der Waals surface area contributed by atoms with Gasteiger partial charge in [0.25, 0.3) is 5.91 Å². The number of carbonyl (C=O) groups is 2. The first-order chi connectivity index (χ1) is 14.0. The Labute approximate surface area is 182 Å². The number of amides is 2. The molecule has 0 aromatic heterocycles. The van der Waals surface area contributed by atoms with Gasteiger partial charge in [-0.2, -0.15) is 0 Å². The van der Waals surface area contributed by atoms with E-state index in [0.29, 0.717) is 10.6 Å². The molecule has 0 bridgehead atoms. The summed E-state index contributed by atoms with van der Waals surface area (Å²) in [6, 6.07) is 13.3. The molecule has 3 rings (SSSR count). The molecule has 0 spiro atoms. The number of rotatable bonds is 6. The lowest BCUT2D eigenvalue weighted by molar-refractivity contribution is -0.119. The Balaban J connectivity index is 1.69. The largest absolute Gasteiger partial charge is 0.494 e. The first-order valence-corrected chi connectivity index (χ1v) is 10.2. The fourth-order valence-corrected chi connectivity index (χ4v) is 3.35. The van der Waals surface area contributed by atoms with E-state index in [9.17, 15) is 9.59 Å². The molecule has 0 aliphatic carbocycles. The van der Waals surface area contributed by atoms with Gasteiger partial charge < -0.3 is 20.4 Å². The van der Waals surface area contributed by atoms with Crippen molar-refractivity contribution in [3.8, 4) is 0 Å². The molecule has 0 radical (unpaired) electrons. The van der Waals surface area contributed by atoms with Gasteiger partial charge in [-0.3, -0.25) is 9.59 Å². The summed E-state index contributed by atoms with van der Waals surface area (Å²) in [7, 11) is -0.462. The number of benzene rings is 2. The maximum absolute atomic E-state index is 12.5. The van der Waals surface area contributed by atoms with Crippen LogP contribution in [0, 0.1) is 0 Å². The molecule has 2 aromatic rings. The van der Waals surface area contributed by atoms with Crippen LogP contribution in [0.5, 0.6) is 0 Å². The zero-order valence-electron chi connectivity index (χ0n) is 17.6. The van der Waals surface area contributed by atoms with Gasteiger partial charge in [-0.05, 0) is 50.9 Å². The molecular weight excluding hydrogens is 403 g/mol. The second kappa shape index (κ2) is 8.42. The summed E-state index contributed by atoms with van der Waals surface area (Å²) in [6.07, 6.45) is 0.259. The van der Waals surface area contributed by atoms with Crippen molar-refractivity contribution < 1.29 is 18.9 Å². The molecular formula is C22H26BClN2O4. The second-order valence-corrected chi connectivity index (χ2v) is 8.85. The molecule has 2 aromatic carbocycles. The van der Waals surface area contributed by atoms with Gasteiger partial charge in [0, 0.05) is 6.42 Å². The lowest BCUT2D eigenvalue weighted by Crippen LogP contribution is -2.46. The first-order valence-electron chi connectivity index (χ1n) is 9.79. The Morgan fingerprint density at radius 1 is 1.03 bits per heavy atom. The van der Waals surface area contributed by atoms with E-state index in [0.717, 1.165) is 11.0 Å². The van der Waals surface area contributed by atoms with E-state index in [4.69, 9.17) is 26.6 Å². The molecule has 1 heterocycles. The van der Waals surface area contributed by atoms with Crippen molar-refractivity contribution >= 4 is 36.0 Å². The van der Waals surface area contributed by atoms with Crippen molar-refractivity contribution in [3.05, 3.63) is 64.7 Å². The Kier molecular flexibility index (Phi) is 6.27. The minimum absolute atomic E-state index is 0.259. The van der Waals surface area contributed by atoms with Crippen molar-refractivity contribution in [2.75, 3.05) is 0 Å². The van der Waals surface area contributed by atoms with Crippen LogP contribution in [-0.4, -0.2) is 36.2 Å². The zero-order valence-corrected chi connectivity index (χ0v) is 18.3. The van der Waals surface area contributed by atoms with E-state index in [2.05, 4.69) is 5.32 Å². The topological polar surface area (TPSA) is 90.6 Å². The third-order valence-corrected chi connectivity index (χ3v) is 6.04. The third kappa shape index (κ3) is 4.69. The van der Waals surface area contributed by atoms with Crippen LogP contribution in [0.3, 0.4) is 0 Å². The lowest BCUT2D eigenvalue weighted by Gasteiger charge is -2.32. The van der Waals surface area contributed by atoms with Crippen LogP contribution < -0.4 is 16.5 Å². The number of halogens is 1. The van der Waals surface area contributed by atoms with Gasteiger partial charge in [0.15, 0.2) is 0 Å². The van der Waals surface area contributed by atoms with Crippen molar-refractivity contribution in [2.24, 2.45) is 5.73 Å². The standard InChI is InChI=1S/C22H26BClN2O4/c1-21(2)22(3,4)30-23(29-21)15-11-9-14(10-12-15)13-18(19(25)27)26-20(28)16-7-5-6-8-17(16)24/h5-12,18H,13H2,1-4H3,(H2,25,27)(H,26,28)/t18-/m0/s1. The molecule has 2 amide bonds. The van der Waals surface area contributed by atoms with Crippen molar-refractivity contribution in [3.63, 3.8) is 0 Å². The summed E-state index contributed by atoms with van der Waals surface area (Å²) in [5.74, 6) is -1.07. The molecule has 1 fully saturated rings. The number of nitrogens with two attached hydrogens (primary N) is 1. The summed E-state index contributed by atoms with van der Waals surface area (Å²) in [4.78, 5) is 24.4. The Morgan fingerprint density at radius 2 is 1.60 bits per heavy atom. The summed E-state index contributed by atoms with van der Waals surface area (Å²) < 4.78 is 12.1. The van der Waals surface area contributed by atoms with Crippen LogP contribution in [0.15, 0.2) is 48.5 Å². The highest BCUT2D eigenvalue weighted by Gasteiger charge is 2.51. The predicted molar refractivity (Wildman–Crippen MR) is 118 cm³/mol. The average molecular weight is 429 g/mol. The molecule has 0 unspecified atom stereocenters. The number of nitrogens with one attached hydrogen (secondary N) is 1. The lowest BCUT2D eigenvalue weighted by atomic mass is 9.78. The quantitative estimate of drug-likeness (QED) is 0.692. The van der Waals surface area contributed by atoms with E-state index in [1.54, 1.807) is 24.3 Å². The van der Waals surface area contributed by atoms with E-state index in [1.807, 2.05) is 52.0 Å². The fraction of sp³-hybridized carbons (Fsp3) is 0.364. The summed E-state index contributed by atoms with van der Waals surface area (Å²) in [5.41, 5.74) is 6.69. The fourth-order valence-electron chi connectivity index (χ4n) is 3.13. The van der Waals surface area contributed by atoms with Crippen LogP contribution in [-0.2, 0) is 20.5 Å². The van der Waals surface area contributed by atoms with Gasteiger partial charge in [0.2, 0.25) is 5.91 Å². The Morgan fingerprint density at radius 3 is 2.13 bits per heavy atom. The van der Waals surface area contributed by atoms with Crippen LogP contribution in [0.4, 0.5) is 0 Å². The molecule has 0 saturated carbocycles. The third-order valence-electron chi connectivity index (χ3n) is 5.71. The summed E-state index contributed by atoms with van der Waals surface area (Å²) >= 11 is 6.06. The van der Waals surface area contributed by atoms with E-state index >= 15 is 0 Å². The number of primary amides is 1. The number of carbonyl (C=O) groups excluding carboxylic acids is 2. The summed E-state index contributed by atoms with van der Waals surface area (Å²) in [5, 5.41) is 2.98. The van der Waals surface area contributed by atoms with Gasteiger partial charge in [0.1, 0.15) is 6.04 Å². The SMILES string of the molecule is CC1(C)OB(c2ccc(C[C@H](NC(=O)c3ccccc3Cl)C(N)=O)cc2)OC1(C)C. The predicted octanol–water partition coefficient (Wildman–Crippen LogP) is 2.47. The molecule has 30 heavy (non-hydrogen) atoms. The van der Waals surface area contributed by atoms with Crippen LogP contribution in [0.1, 0.15) is 43.6 Å². The van der Waals surface area contributed by atoms with E-state index in [1.165, 1.54) is 0 Å². The molecule has 1 aliphatic heterocycles. The van der Waals surface area contributed by atoms with Gasteiger partial charge in [0.05, 0.1) is 21.8 Å². The van der Waals surface area contributed by atoms with Crippen molar-refractivity contribution in [2.45, 2.75) is 51.4 Å². The average Bonchev–Trinajstić information content (AvgIpc) is 2.89. The molecule has 8 heteroatoms. The molecule has 1 aliphatic rings. The van der Waals surface area contributed by atoms with Gasteiger partial charge in [-0.25, -0.2) is 0 Å². The van der Waals surface area contributed by atoms with Gasteiger partial charge >= 0.3 is 7.12 Å². The summed E-state index contributed by atoms with van der Waals surface area (Å²) in [6.45, 7) is 8.00. The van der Waals surface area contributed by atoms with E-state index in [-0.39, 0.29) is 6.42 Å². The molecule has 1 atom stereocenters. The van der Waals surface area contributed by atoms with Crippen molar-refractivity contribution in [1.82, 2.24) is 5.32 Å². The Bertz CT molecular complexity index is 930. The van der Waals surface area contributed by atoms with Crippen molar-refractivity contribution in [1.29, 1.82) is 0 Å². The zero-order chi connectivity index (χ0) is 22.1. The molecule has 158 valence electrons. The normalized spacial score (nSPS) is 18.1. The number of hydrogen-bond acceptors (Lipinski definition) is 4. The maximum Gasteiger partial charge on any atom is 0.494 e. The highest BCUT2D eigenvalue weighted by atomic mass is 35.5. The molecule has 1 saturated heterocycles. The molecule has 6 nitrogen and oxygen atoms in total.